The van der Waals surface area contributed by atoms with Crippen LogP contribution in [0.5, 0.6) is 5.75 Å². The Labute approximate surface area is 178 Å². The molecule has 1 aliphatic heterocycles. The van der Waals surface area contributed by atoms with Crippen LogP contribution in [0.4, 0.5) is 0 Å². The lowest BCUT2D eigenvalue weighted by atomic mass is 10.2. The Kier molecular flexibility index (Phi) is 6.50. The largest absolute Gasteiger partial charge is 0.495 e. The third-order valence-corrected chi connectivity index (χ3v) is 7.64. The summed E-state index contributed by atoms with van der Waals surface area (Å²) in [6.45, 7) is 1.04. The van der Waals surface area contributed by atoms with Gasteiger partial charge in [-0.3, -0.25) is 0 Å². The minimum absolute atomic E-state index is 0.0185. The molecule has 2 aromatic rings. The lowest BCUT2D eigenvalue weighted by molar-refractivity contribution is 0.311. The molecule has 1 atom stereocenters. The summed E-state index contributed by atoms with van der Waals surface area (Å²) in [6, 6.07) is 11.7. The summed E-state index contributed by atoms with van der Waals surface area (Å²) in [5.74, 6) is 0.233. The van der Waals surface area contributed by atoms with Gasteiger partial charge in [-0.05, 0) is 36.2 Å². The standard InChI is InChI=1S/C19H19BrClN3O3S/c1-27-18-7-6-15(21)10-19(18)28(25,26)24(16-8-9-23(12-16)13-22)11-14-4-2-3-5-17(14)20/h2-7,10,16H,8-9,11-12H2,1H3. The van der Waals surface area contributed by atoms with E-state index in [1.807, 2.05) is 24.3 Å². The summed E-state index contributed by atoms with van der Waals surface area (Å²) in [6.07, 6.45) is 2.67. The molecule has 148 valence electrons. The van der Waals surface area contributed by atoms with Crippen molar-refractivity contribution >= 4 is 37.6 Å². The quantitative estimate of drug-likeness (QED) is 0.582. The lowest BCUT2D eigenvalue weighted by Crippen LogP contribution is -2.41. The molecule has 1 aliphatic rings. The molecule has 0 aromatic heterocycles. The highest BCUT2D eigenvalue weighted by atomic mass is 79.9. The van der Waals surface area contributed by atoms with Crippen LogP contribution in [0.3, 0.4) is 0 Å². The highest BCUT2D eigenvalue weighted by molar-refractivity contribution is 9.10. The molecular formula is C19H19BrClN3O3S. The second kappa shape index (κ2) is 8.70. The average Bonchev–Trinajstić information content (AvgIpc) is 3.16. The van der Waals surface area contributed by atoms with Crippen molar-refractivity contribution in [3.05, 3.63) is 57.5 Å². The molecule has 3 rings (SSSR count). The first-order valence-corrected chi connectivity index (χ1v) is 11.2. The number of hydrogen-bond acceptors (Lipinski definition) is 5. The summed E-state index contributed by atoms with van der Waals surface area (Å²) in [7, 11) is -2.51. The number of ether oxygens (including phenoxy) is 1. The number of rotatable bonds is 6. The predicted molar refractivity (Wildman–Crippen MR) is 110 cm³/mol. The fraction of sp³-hybridized carbons (Fsp3) is 0.316. The molecule has 1 fully saturated rings. The normalized spacial score (nSPS) is 17.0. The molecule has 0 N–H and O–H groups in total. The van der Waals surface area contributed by atoms with Gasteiger partial charge in [-0.15, -0.1) is 0 Å². The van der Waals surface area contributed by atoms with Gasteiger partial charge in [-0.1, -0.05) is 45.7 Å². The van der Waals surface area contributed by atoms with Crippen molar-refractivity contribution in [2.45, 2.75) is 23.9 Å². The first-order valence-electron chi connectivity index (χ1n) is 8.60. The Balaban J connectivity index is 2.07. The molecule has 28 heavy (non-hydrogen) atoms. The van der Waals surface area contributed by atoms with Gasteiger partial charge in [-0.2, -0.15) is 9.57 Å². The van der Waals surface area contributed by atoms with Crippen LogP contribution in [0.1, 0.15) is 12.0 Å². The Morgan fingerprint density at radius 3 is 2.75 bits per heavy atom. The van der Waals surface area contributed by atoms with Crippen LogP contribution in [-0.2, 0) is 16.6 Å². The Morgan fingerprint density at radius 2 is 2.11 bits per heavy atom. The molecule has 1 saturated heterocycles. The van der Waals surface area contributed by atoms with Crippen molar-refractivity contribution in [3.63, 3.8) is 0 Å². The van der Waals surface area contributed by atoms with E-state index in [1.165, 1.54) is 17.5 Å². The number of nitriles is 1. The van der Waals surface area contributed by atoms with Crippen LogP contribution in [0.15, 0.2) is 51.8 Å². The summed E-state index contributed by atoms with van der Waals surface area (Å²) < 4.78 is 34.8. The first kappa shape index (κ1) is 20.9. The second-order valence-electron chi connectivity index (χ2n) is 6.43. The minimum atomic E-state index is -3.93. The Morgan fingerprint density at radius 1 is 1.36 bits per heavy atom. The van der Waals surface area contributed by atoms with E-state index in [4.69, 9.17) is 16.3 Å². The molecule has 9 heteroatoms. The molecule has 0 spiro atoms. The van der Waals surface area contributed by atoms with E-state index in [0.717, 1.165) is 10.0 Å². The number of benzene rings is 2. The van der Waals surface area contributed by atoms with E-state index < -0.39 is 10.0 Å². The van der Waals surface area contributed by atoms with E-state index in [0.29, 0.717) is 24.5 Å². The van der Waals surface area contributed by atoms with Crippen LogP contribution in [-0.4, -0.2) is 43.9 Å². The van der Waals surface area contributed by atoms with Crippen molar-refractivity contribution in [2.24, 2.45) is 0 Å². The molecule has 0 aliphatic carbocycles. The maximum absolute atomic E-state index is 13.6. The van der Waals surface area contributed by atoms with Gasteiger partial charge < -0.3 is 9.64 Å². The smallest absolute Gasteiger partial charge is 0.247 e. The highest BCUT2D eigenvalue weighted by Gasteiger charge is 2.37. The highest BCUT2D eigenvalue weighted by Crippen LogP contribution is 2.33. The van der Waals surface area contributed by atoms with Gasteiger partial charge in [0.05, 0.1) is 7.11 Å². The van der Waals surface area contributed by atoms with Gasteiger partial charge in [0.15, 0.2) is 6.19 Å². The van der Waals surface area contributed by atoms with E-state index in [-0.39, 0.29) is 23.2 Å². The van der Waals surface area contributed by atoms with Gasteiger partial charge >= 0.3 is 0 Å². The van der Waals surface area contributed by atoms with Crippen LogP contribution >= 0.6 is 27.5 Å². The average molecular weight is 485 g/mol. The van der Waals surface area contributed by atoms with E-state index in [9.17, 15) is 13.7 Å². The molecule has 2 aromatic carbocycles. The maximum Gasteiger partial charge on any atom is 0.247 e. The van der Waals surface area contributed by atoms with Gasteiger partial charge in [0, 0.05) is 35.2 Å². The Bertz CT molecular complexity index is 1010. The van der Waals surface area contributed by atoms with Gasteiger partial charge in [0.25, 0.3) is 0 Å². The van der Waals surface area contributed by atoms with Crippen molar-refractivity contribution in [1.29, 1.82) is 5.26 Å². The van der Waals surface area contributed by atoms with Crippen molar-refractivity contribution < 1.29 is 13.2 Å². The molecule has 1 heterocycles. The van der Waals surface area contributed by atoms with E-state index in [2.05, 4.69) is 22.1 Å². The SMILES string of the molecule is COc1ccc(Cl)cc1S(=O)(=O)N(Cc1ccccc1Br)C1CCN(C#N)C1. The molecule has 0 saturated carbocycles. The second-order valence-corrected chi connectivity index (χ2v) is 9.58. The predicted octanol–water partition coefficient (Wildman–Crippen LogP) is 3.86. The lowest BCUT2D eigenvalue weighted by Gasteiger charge is -2.29. The summed E-state index contributed by atoms with van der Waals surface area (Å²) in [5, 5.41) is 9.51. The summed E-state index contributed by atoms with van der Waals surface area (Å²) in [5.41, 5.74) is 0.836. The van der Waals surface area contributed by atoms with Crippen molar-refractivity contribution in [1.82, 2.24) is 9.21 Å². The fourth-order valence-electron chi connectivity index (χ4n) is 3.25. The molecule has 0 amide bonds. The van der Waals surface area contributed by atoms with Crippen molar-refractivity contribution in [2.75, 3.05) is 20.2 Å². The molecule has 0 radical (unpaired) electrons. The number of methoxy groups -OCH3 is 1. The van der Waals surface area contributed by atoms with Crippen LogP contribution < -0.4 is 4.74 Å². The van der Waals surface area contributed by atoms with E-state index in [1.54, 1.807) is 17.0 Å². The molecule has 1 unspecified atom stereocenters. The monoisotopic (exact) mass is 483 g/mol. The van der Waals surface area contributed by atoms with Crippen LogP contribution in [0, 0.1) is 11.5 Å². The molecule has 6 nitrogen and oxygen atoms in total. The third kappa shape index (κ3) is 4.28. The zero-order valence-electron chi connectivity index (χ0n) is 15.2. The number of nitrogens with zero attached hydrogens (tertiary/aromatic N) is 3. The zero-order valence-corrected chi connectivity index (χ0v) is 18.3. The van der Waals surface area contributed by atoms with E-state index >= 15 is 0 Å². The van der Waals surface area contributed by atoms with Gasteiger partial charge in [-0.25, -0.2) is 8.42 Å². The summed E-state index contributed by atoms with van der Waals surface area (Å²) >= 11 is 9.57. The fourth-order valence-corrected chi connectivity index (χ4v) is 5.71. The van der Waals surface area contributed by atoms with Gasteiger partial charge in [0.2, 0.25) is 10.0 Å². The molecule has 0 bridgehead atoms. The van der Waals surface area contributed by atoms with Crippen LogP contribution in [0.25, 0.3) is 0 Å². The number of likely N-dealkylation sites (tertiary alicyclic amines) is 1. The topological polar surface area (TPSA) is 73.6 Å². The Hall–Kier alpha value is -1.79. The van der Waals surface area contributed by atoms with Crippen LogP contribution in [0.2, 0.25) is 5.02 Å². The zero-order chi connectivity index (χ0) is 20.3. The summed E-state index contributed by atoms with van der Waals surface area (Å²) in [4.78, 5) is 1.59. The number of halogens is 2. The third-order valence-electron chi connectivity index (χ3n) is 4.71. The number of hydrogen-bond donors (Lipinski definition) is 0. The maximum atomic E-state index is 13.6. The molecular weight excluding hydrogens is 466 g/mol. The first-order chi connectivity index (χ1) is 13.4. The van der Waals surface area contributed by atoms with Crippen molar-refractivity contribution in [3.8, 4) is 11.9 Å². The minimum Gasteiger partial charge on any atom is -0.495 e. The van der Waals surface area contributed by atoms with Gasteiger partial charge in [0.1, 0.15) is 10.6 Å². The number of sulfonamides is 1.